The Hall–Kier alpha value is -2.14. The molecule has 2 aliphatic rings. The average molecular weight is 394 g/mol. The second kappa shape index (κ2) is 5.93. The number of hydrogen-bond donors (Lipinski definition) is 0. The van der Waals surface area contributed by atoms with E-state index in [0.29, 0.717) is 12.5 Å². The summed E-state index contributed by atoms with van der Waals surface area (Å²) in [6.07, 6.45) is 2.28. The molecule has 1 aromatic carbocycles. The first-order valence-electron chi connectivity index (χ1n) is 10.1. The zero-order chi connectivity index (χ0) is 19.7. The average Bonchev–Trinajstić information content (AvgIpc) is 3.31. The third-order valence-electron chi connectivity index (χ3n) is 7.52. The van der Waals surface area contributed by atoms with Gasteiger partial charge in [-0.2, -0.15) is 0 Å². The molecule has 2 bridgehead atoms. The SMILES string of the molecule is Cc1nc(Cn2c(=O)c3c(n2Cc2ccccc2)[C@@]2(C)CC[C@@H]3C2(C)C)cs1. The standard InChI is InChI=1S/C23H27N3OS/c1-15-24-17(14-28-15)13-26-21(27)19-18-10-11-23(4,22(18,2)3)20(19)25(26)12-16-8-6-5-7-9-16/h5-9,14,18H,10-13H2,1-4H3/t18-,23+/m0/s1. The topological polar surface area (TPSA) is 39.8 Å². The molecule has 0 spiro atoms. The Kier molecular flexibility index (Phi) is 3.80. The van der Waals surface area contributed by atoms with Crippen molar-refractivity contribution in [1.82, 2.24) is 14.3 Å². The summed E-state index contributed by atoms with van der Waals surface area (Å²) in [6.45, 7) is 10.4. The normalized spacial score (nSPS) is 24.6. The van der Waals surface area contributed by atoms with E-state index in [1.165, 1.54) is 11.3 Å². The molecule has 0 aliphatic heterocycles. The van der Waals surface area contributed by atoms with E-state index in [1.54, 1.807) is 11.3 Å². The van der Waals surface area contributed by atoms with Crippen molar-refractivity contribution >= 4 is 11.3 Å². The number of aryl methyl sites for hydroxylation is 1. The Bertz CT molecular complexity index is 1100. The number of nitrogens with zero attached hydrogens (tertiary/aromatic N) is 3. The molecule has 5 heteroatoms. The van der Waals surface area contributed by atoms with E-state index >= 15 is 0 Å². The summed E-state index contributed by atoms with van der Waals surface area (Å²) in [5.74, 6) is 0.362. The zero-order valence-electron chi connectivity index (χ0n) is 17.0. The van der Waals surface area contributed by atoms with Crippen LogP contribution in [0.4, 0.5) is 0 Å². The molecule has 3 aromatic rings. The van der Waals surface area contributed by atoms with Crippen molar-refractivity contribution in [2.24, 2.45) is 5.41 Å². The molecular formula is C23H27N3OS. The first-order chi connectivity index (χ1) is 13.3. The van der Waals surface area contributed by atoms with Crippen molar-refractivity contribution in [3.8, 4) is 0 Å². The molecule has 0 N–H and O–H groups in total. The summed E-state index contributed by atoms with van der Waals surface area (Å²) >= 11 is 1.65. The third kappa shape index (κ3) is 2.29. The van der Waals surface area contributed by atoms with Gasteiger partial charge >= 0.3 is 0 Å². The van der Waals surface area contributed by atoms with Crippen LogP contribution in [0.3, 0.4) is 0 Å². The van der Waals surface area contributed by atoms with Crippen LogP contribution in [0, 0.1) is 12.3 Å². The first-order valence-corrected chi connectivity index (χ1v) is 11.0. The summed E-state index contributed by atoms with van der Waals surface area (Å²) < 4.78 is 4.24. The predicted octanol–water partition coefficient (Wildman–Crippen LogP) is 4.69. The molecular weight excluding hydrogens is 366 g/mol. The van der Waals surface area contributed by atoms with E-state index < -0.39 is 0 Å². The second-order valence-corrected chi connectivity index (χ2v) is 10.2. The van der Waals surface area contributed by atoms with Gasteiger partial charge in [0.15, 0.2) is 0 Å². The van der Waals surface area contributed by atoms with Crippen LogP contribution in [0.25, 0.3) is 0 Å². The smallest absolute Gasteiger partial charge is 0.270 e. The lowest BCUT2D eigenvalue weighted by atomic mass is 9.70. The molecule has 2 atom stereocenters. The minimum Gasteiger partial charge on any atom is -0.281 e. The van der Waals surface area contributed by atoms with E-state index in [-0.39, 0.29) is 16.4 Å². The Morgan fingerprint density at radius 2 is 1.89 bits per heavy atom. The van der Waals surface area contributed by atoms with Crippen molar-refractivity contribution in [1.29, 1.82) is 0 Å². The van der Waals surface area contributed by atoms with Gasteiger partial charge in [0, 0.05) is 16.4 Å². The maximum absolute atomic E-state index is 13.6. The Morgan fingerprint density at radius 3 is 2.57 bits per heavy atom. The first kappa shape index (κ1) is 17.9. The molecule has 1 saturated carbocycles. The van der Waals surface area contributed by atoms with Crippen LogP contribution >= 0.6 is 11.3 Å². The van der Waals surface area contributed by atoms with Crippen LogP contribution in [0.1, 0.15) is 67.1 Å². The van der Waals surface area contributed by atoms with Gasteiger partial charge in [0.2, 0.25) is 0 Å². The monoisotopic (exact) mass is 393 g/mol. The van der Waals surface area contributed by atoms with Crippen molar-refractivity contribution in [2.75, 3.05) is 0 Å². The fourth-order valence-electron chi connectivity index (χ4n) is 5.65. The van der Waals surface area contributed by atoms with Crippen LogP contribution in [0.2, 0.25) is 0 Å². The molecule has 4 nitrogen and oxygen atoms in total. The molecule has 2 heterocycles. The Balaban J connectivity index is 1.70. The van der Waals surface area contributed by atoms with Crippen LogP contribution in [-0.4, -0.2) is 14.3 Å². The summed E-state index contributed by atoms with van der Waals surface area (Å²) in [4.78, 5) is 18.2. The van der Waals surface area contributed by atoms with Crippen molar-refractivity contribution in [2.45, 2.75) is 65.0 Å². The second-order valence-electron chi connectivity index (χ2n) is 9.17. The van der Waals surface area contributed by atoms with E-state index in [0.717, 1.165) is 35.7 Å². The van der Waals surface area contributed by atoms with Gasteiger partial charge < -0.3 is 0 Å². The number of thiazole rings is 1. The van der Waals surface area contributed by atoms with E-state index in [9.17, 15) is 4.79 Å². The van der Waals surface area contributed by atoms with Crippen LogP contribution in [0.5, 0.6) is 0 Å². The van der Waals surface area contributed by atoms with E-state index in [1.807, 2.05) is 17.7 Å². The number of fused-ring (bicyclic) bond motifs is 5. The van der Waals surface area contributed by atoms with E-state index in [2.05, 4.69) is 60.1 Å². The maximum atomic E-state index is 13.6. The van der Waals surface area contributed by atoms with Gasteiger partial charge in [-0.15, -0.1) is 11.3 Å². The van der Waals surface area contributed by atoms with E-state index in [4.69, 9.17) is 0 Å². The third-order valence-corrected chi connectivity index (χ3v) is 8.34. The highest BCUT2D eigenvalue weighted by Crippen LogP contribution is 2.67. The van der Waals surface area contributed by atoms with Gasteiger partial charge in [-0.25, -0.2) is 9.67 Å². The van der Waals surface area contributed by atoms with Gasteiger partial charge in [-0.05, 0) is 36.7 Å². The quantitative estimate of drug-likeness (QED) is 0.645. The minimum atomic E-state index is 0.0458. The van der Waals surface area contributed by atoms with Crippen molar-refractivity contribution < 1.29 is 0 Å². The minimum absolute atomic E-state index is 0.0458. The van der Waals surface area contributed by atoms with Gasteiger partial charge in [0.25, 0.3) is 5.56 Å². The summed E-state index contributed by atoms with van der Waals surface area (Å²) in [5, 5.41) is 3.12. The van der Waals surface area contributed by atoms with Gasteiger partial charge in [-0.3, -0.25) is 9.48 Å². The lowest BCUT2D eigenvalue weighted by Crippen LogP contribution is -2.36. The molecule has 0 amide bonds. The fraction of sp³-hybridized carbons (Fsp3) is 0.478. The Morgan fingerprint density at radius 1 is 1.14 bits per heavy atom. The fourth-order valence-corrected chi connectivity index (χ4v) is 6.25. The van der Waals surface area contributed by atoms with Gasteiger partial charge in [0.05, 0.1) is 29.5 Å². The molecule has 1 fully saturated rings. The zero-order valence-corrected chi connectivity index (χ0v) is 17.8. The lowest BCUT2D eigenvalue weighted by Gasteiger charge is -2.36. The highest BCUT2D eigenvalue weighted by Gasteiger charge is 2.62. The van der Waals surface area contributed by atoms with Gasteiger partial charge in [-0.1, -0.05) is 51.1 Å². The molecule has 0 saturated heterocycles. The molecule has 2 aliphatic carbocycles. The molecule has 5 rings (SSSR count). The van der Waals surface area contributed by atoms with Crippen molar-refractivity contribution in [3.05, 3.63) is 73.6 Å². The summed E-state index contributed by atoms with van der Waals surface area (Å²) in [7, 11) is 0. The number of hydrogen-bond acceptors (Lipinski definition) is 3. The van der Waals surface area contributed by atoms with Crippen LogP contribution < -0.4 is 5.56 Å². The highest BCUT2D eigenvalue weighted by molar-refractivity contribution is 7.09. The summed E-state index contributed by atoms with van der Waals surface area (Å²) in [5.41, 5.74) is 4.92. The number of benzene rings is 1. The predicted molar refractivity (Wildman–Crippen MR) is 113 cm³/mol. The summed E-state index contributed by atoms with van der Waals surface area (Å²) in [6, 6.07) is 10.5. The Labute approximate surface area is 169 Å². The van der Waals surface area contributed by atoms with Gasteiger partial charge in [0.1, 0.15) is 0 Å². The van der Waals surface area contributed by atoms with Crippen LogP contribution in [0.15, 0.2) is 40.5 Å². The van der Waals surface area contributed by atoms with Crippen molar-refractivity contribution in [3.63, 3.8) is 0 Å². The molecule has 28 heavy (non-hydrogen) atoms. The molecule has 146 valence electrons. The largest absolute Gasteiger partial charge is 0.281 e. The number of aromatic nitrogens is 3. The number of rotatable bonds is 4. The lowest BCUT2D eigenvalue weighted by molar-refractivity contribution is 0.214. The highest BCUT2D eigenvalue weighted by atomic mass is 32.1. The molecule has 0 radical (unpaired) electrons. The molecule has 2 aromatic heterocycles. The maximum Gasteiger partial charge on any atom is 0.270 e. The molecule has 0 unspecified atom stereocenters. The van der Waals surface area contributed by atoms with Crippen LogP contribution in [-0.2, 0) is 18.5 Å².